The second-order valence-corrected chi connectivity index (χ2v) is 1.72. The Balaban J connectivity index is 0.000000187. The van der Waals surface area contributed by atoms with Crippen molar-refractivity contribution < 1.29 is 17.3 Å². The van der Waals surface area contributed by atoms with Crippen LogP contribution in [0, 0.1) is 0 Å². The minimum Gasteiger partial charge on any atom is -0.418 e. The zero-order chi connectivity index (χ0) is 8.91. The first kappa shape index (κ1) is 9.99. The molecule has 0 saturated carbocycles. The molecule has 1 heterocycles. The number of aryl methyl sites for hydroxylation is 1. The zero-order valence-electron chi connectivity index (χ0n) is 5.72. The fourth-order valence-corrected chi connectivity index (χ4v) is 0.326. The molecule has 0 aromatic carbocycles. The lowest BCUT2D eigenvalue weighted by atomic mass is 10.3. The first-order valence-corrected chi connectivity index (χ1v) is 2.69. The summed E-state index contributed by atoms with van der Waals surface area (Å²) in [5.41, 5.74) is 0. The fourth-order valence-electron chi connectivity index (χ4n) is 0.326. The normalized spacial score (nSPS) is 10.3. The van der Waals surface area contributed by atoms with Gasteiger partial charge in [-0.3, -0.25) is 0 Å². The van der Waals surface area contributed by atoms with E-state index in [2.05, 4.69) is 4.98 Å². The summed E-state index contributed by atoms with van der Waals surface area (Å²) in [6.45, 7) is 0. The van der Waals surface area contributed by atoms with Gasteiger partial charge in [-0.2, -0.15) is 0 Å². The van der Waals surface area contributed by atoms with E-state index in [4.69, 9.17) is 0 Å². The van der Waals surface area contributed by atoms with Crippen LogP contribution in [0.25, 0.3) is 0 Å². The third kappa shape index (κ3) is 12.2. The highest BCUT2D eigenvalue weighted by molar-refractivity contribution is 6.50. The second kappa shape index (κ2) is 4.00. The monoisotopic (exact) mass is 169 g/mol. The van der Waals surface area contributed by atoms with Crippen molar-refractivity contribution in [3.05, 3.63) is 18.7 Å². The summed E-state index contributed by atoms with van der Waals surface area (Å²) >= 11 is 0. The van der Waals surface area contributed by atoms with Crippen molar-refractivity contribution >= 4 is 7.25 Å². The second-order valence-electron chi connectivity index (χ2n) is 1.72. The molecule has 2 nitrogen and oxygen atoms in total. The molecule has 0 atom stereocenters. The number of hydrogen-bond acceptors (Lipinski definition) is 1. The first-order valence-electron chi connectivity index (χ1n) is 2.69. The van der Waals surface area contributed by atoms with Crippen LogP contribution in [0.2, 0.25) is 0 Å². The Morgan fingerprint density at radius 2 is 1.73 bits per heavy atom. The molecule has 1 aromatic heterocycles. The molecule has 64 valence electrons. The van der Waals surface area contributed by atoms with Crippen molar-refractivity contribution in [3.63, 3.8) is 0 Å². The van der Waals surface area contributed by atoms with Gasteiger partial charge in [0.25, 0.3) is 0 Å². The summed E-state index contributed by atoms with van der Waals surface area (Å²) in [6, 6.07) is 0. The Hall–Kier alpha value is -1.01. The van der Waals surface area contributed by atoms with Crippen molar-refractivity contribution in [2.75, 3.05) is 0 Å². The molecule has 0 N–H and O–H groups in total. The van der Waals surface area contributed by atoms with E-state index in [1.54, 1.807) is 12.5 Å². The number of aromatic nitrogens is 2. The number of nitrogens with zero attached hydrogens (tertiary/aromatic N) is 2. The van der Waals surface area contributed by atoms with Gasteiger partial charge in [0.15, 0.2) is 0 Å². The Kier molecular flexibility index (Phi) is 3.63. The van der Waals surface area contributed by atoms with Crippen LogP contribution in [0.4, 0.5) is 17.3 Å². The quantitative estimate of drug-likeness (QED) is 0.427. The fraction of sp³-hybridized carbons (Fsp3) is 0.250. The highest BCUT2D eigenvalue weighted by Gasteiger charge is 2.20. The minimum absolute atomic E-state index is 1.75. The van der Waals surface area contributed by atoms with Gasteiger partial charge in [0.2, 0.25) is 0 Å². The molecule has 0 fully saturated rings. The lowest BCUT2D eigenvalue weighted by Gasteiger charge is -1.94. The van der Waals surface area contributed by atoms with Crippen LogP contribution in [-0.2, 0) is 7.05 Å². The standard InChI is InChI=1S/C4H6N2.BF4/c1-6-3-2-5-4-6;2-1(3,4)5/h2-4H,1H3;/q;-1. The molecule has 1 rings (SSSR count). The molecule has 0 aliphatic carbocycles. The lowest BCUT2D eigenvalue weighted by molar-refractivity contribution is 0.368. The van der Waals surface area contributed by atoms with Crippen molar-refractivity contribution in [3.8, 4) is 0 Å². The van der Waals surface area contributed by atoms with E-state index in [1.807, 2.05) is 17.8 Å². The van der Waals surface area contributed by atoms with Crippen LogP contribution < -0.4 is 0 Å². The van der Waals surface area contributed by atoms with Gasteiger partial charge in [0.1, 0.15) is 0 Å². The molecule has 0 aliphatic heterocycles. The predicted octanol–water partition coefficient (Wildman–Crippen LogP) is 1.72. The molecular formula is C4H6BF4N2-. The van der Waals surface area contributed by atoms with E-state index in [9.17, 15) is 17.3 Å². The first-order chi connectivity index (χ1) is 4.89. The van der Waals surface area contributed by atoms with Crippen LogP contribution >= 0.6 is 0 Å². The van der Waals surface area contributed by atoms with Gasteiger partial charge in [-0.15, -0.1) is 0 Å². The molecule has 11 heavy (non-hydrogen) atoms. The van der Waals surface area contributed by atoms with Gasteiger partial charge in [-0.25, -0.2) is 4.98 Å². The van der Waals surface area contributed by atoms with Crippen LogP contribution in [-0.4, -0.2) is 16.8 Å². The van der Waals surface area contributed by atoms with Crippen LogP contribution in [0.5, 0.6) is 0 Å². The van der Waals surface area contributed by atoms with Crippen LogP contribution in [0.15, 0.2) is 18.7 Å². The smallest absolute Gasteiger partial charge is 0.418 e. The van der Waals surface area contributed by atoms with Gasteiger partial charge in [-0.1, -0.05) is 0 Å². The molecule has 1 aromatic rings. The van der Waals surface area contributed by atoms with E-state index >= 15 is 0 Å². The molecule has 7 heteroatoms. The lowest BCUT2D eigenvalue weighted by Crippen LogP contribution is -2.02. The highest BCUT2D eigenvalue weighted by atomic mass is 19.5. The molecule has 0 aliphatic rings. The van der Waals surface area contributed by atoms with Gasteiger partial charge in [0, 0.05) is 19.4 Å². The minimum atomic E-state index is -6.00. The third-order valence-corrected chi connectivity index (χ3v) is 0.637. The third-order valence-electron chi connectivity index (χ3n) is 0.637. The largest absolute Gasteiger partial charge is 0.673 e. The average molecular weight is 169 g/mol. The molecule has 0 spiro atoms. The Morgan fingerprint density at radius 3 is 1.82 bits per heavy atom. The maximum atomic E-state index is 9.75. The van der Waals surface area contributed by atoms with Gasteiger partial charge in [-0.05, 0) is 0 Å². The SMILES string of the molecule is Cn1ccnc1.F[B-](F)(F)F. The highest BCUT2D eigenvalue weighted by Crippen LogP contribution is 2.06. The molecule has 0 saturated heterocycles. The molecule has 0 bridgehead atoms. The Labute approximate surface area is 61.0 Å². The zero-order valence-corrected chi connectivity index (χ0v) is 5.72. The predicted molar refractivity (Wildman–Crippen MR) is 33.4 cm³/mol. The van der Waals surface area contributed by atoms with Gasteiger partial charge < -0.3 is 21.8 Å². The van der Waals surface area contributed by atoms with Crippen molar-refractivity contribution in [1.29, 1.82) is 0 Å². The Bertz CT molecular complexity index is 176. The van der Waals surface area contributed by atoms with Crippen molar-refractivity contribution in [1.82, 2.24) is 9.55 Å². The summed E-state index contributed by atoms with van der Waals surface area (Å²) in [5.74, 6) is 0. The van der Waals surface area contributed by atoms with Crippen LogP contribution in [0.1, 0.15) is 0 Å². The number of halogens is 4. The summed E-state index contributed by atoms with van der Waals surface area (Å²) in [6.07, 6.45) is 5.39. The van der Waals surface area contributed by atoms with E-state index in [-0.39, 0.29) is 0 Å². The van der Waals surface area contributed by atoms with E-state index in [0.717, 1.165) is 0 Å². The van der Waals surface area contributed by atoms with Gasteiger partial charge >= 0.3 is 7.25 Å². The summed E-state index contributed by atoms with van der Waals surface area (Å²) in [5, 5.41) is 0. The molecule has 0 unspecified atom stereocenters. The topological polar surface area (TPSA) is 17.8 Å². The number of rotatable bonds is 0. The van der Waals surface area contributed by atoms with Crippen LogP contribution in [0.3, 0.4) is 0 Å². The van der Waals surface area contributed by atoms with E-state index < -0.39 is 7.25 Å². The van der Waals surface area contributed by atoms with Crippen molar-refractivity contribution in [2.45, 2.75) is 0 Å². The molecule has 0 radical (unpaired) electrons. The molecular weight excluding hydrogens is 163 g/mol. The average Bonchev–Trinajstić information content (AvgIpc) is 2.12. The van der Waals surface area contributed by atoms with Gasteiger partial charge in [0.05, 0.1) is 6.33 Å². The van der Waals surface area contributed by atoms with Crippen molar-refractivity contribution in [2.24, 2.45) is 7.05 Å². The summed E-state index contributed by atoms with van der Waals surface area (Å²) < 4.78 is 40.9. The summed E-state index contributed by atoms with van der Waals surface area (Å²) in [4.78, 5) is 3.78. The van der Waals surface area contributed by atoms with E-state index in [0.29, 0.717) is 0 Å². The number of hydrogen-bond donors (Lipinski definition) is 0. The maximum absolute atomic E-state index is 9.75. The number of imidazole rings is 1. The van der Waals surface area contributed by atoms with E-state index in [1.165, 1.54) is 0 Å². The molecule has 0 amide bonds. The Morgan fingerprint density at radius 1 is 1.27 bits per heavy atom. The summed E-state index contributed by atoms with van der Waals surface area (Å²) in [7, 11) is -4.06. The maximum Gasteiger partial charge on any atom is 0.673 e.